The van der Waals surface area contributed by atoms with Gasteiger partial charge in [-0.3, -0.25) is 0 Å². The van der Waals surface area contributed by atoms with Crippen molar-refractivity contribution in [3.05, 3.63) is 29.5 Å². The van der Waals surface area contributed by atoms with Gasteiger partial charge in [-0.2, -0.15) is 0 Å². The first-order chi connectivity index (χ1) is 5.79. The summed E-state index contributed by atoms with van der Waals surface area (Å²) in [4.78, 5) is 7.88. The Labute approximate surface area is 74.2 Å². The van der Waals surface area contributed by atoms with E-state index < -0.39 is 0 Å². The molecule has 0 aliphatic heterocycles. The molecule has 2 N–H and O–H groups in total. The van der Waals surface area contributed by atoms with E-state index in [2.05, 4.69) is 9.97 Å². The standard InChI is InChI=1S/C8H6ClN3/c9-5-2-1-3-6-7(5)8(10)12-4-11-6/h1-4H,(H2,10,11,12). The third kappa shape index (κ3) is 0.987. The lowest BCUT2D eigenvalue weighted by Crippen LogP contribution is -1.93. The molecular formula is C8H6ClN3. The fourth-order valence-electron chi connectivity index (χ4n) is 1.09. The van der Waals surface area contributed by atoms with Crippen molar-refractivity contribution in [3.8, 4) is 0 Å². The monoisotopic (exact) mass is 179 g/mol. The van der Waals surface area contributed by atoms with Crippen molar-refractivity contribution in [3.63, 3.8) is 0 Å². The zero-order chi connectivity index (χ0) is 8.55. The number of aromatic nitrogens is 2. The molecular weight excluding hydrogens is 174 g/mol. The highest BCUT2D eigenvalue weighted by Gasteiger charge is 2.02. The van der Waals surface area contributed by atoms with Gasteiger partial charge in [-0.15, -0.1) is 0 Å². The van der Waals surface area contributed by atoms with E-state index in [1.807, 2.05) is 12.1 Å². The third-order valence-corrected chi connectivity index (χ3v) is 1.96. The SMILES string of the molecule is Nc1ncnc2cccc(Cl)c12. The molecule has 2 aromatic rings. The van der Waals surface area contributed by atoms with Gasteiger partial charge in [0.15, 0.2) is 0 Å². The summed E-state index contributed by atoms with van der Waals surface area (Å²) >= 11 is 5.90. The van der Waals surface area contributed by atoms with Gasteiger partial charge in [-0.25, -0.2) is 9.97 Å². The molecule has 60 valence electrons. The number of benzene rings is 1. The van der Waals surface area contributed by atoms with Crippen molar-refractivity contribution < 1.29 is 0 Å². The van der Waals surface area contributed by atoms with E-state index in [0.717, 1.165) is 10.9 Å². The zero-order valence-electron chi connectivity index (χ0n) is 6.16. The molecule has 0 amide bonds. The van der Waals surface area contributed by atoms with Crippen LogP contribution in [0.3, 0.4) is 0 Å². The Morgan fingerprint density at radius 2 is 2.08 bits per heavy atom. The van der Waals surface area contributed by atoms with E-state index in [4.69, 9.17) is 17.3 Å². The number of nitrogen functional groups attached to an aromatic ring is 1. The first-order valence-corrected chi connectivity index (χ1v) is 3.81. The van der Waals surface area contributed by atoms with Crippen molar-refractivity contribution >= 4 is 28.3 Å². The highest BCUT2D eigenvalue weighted by Crippen LogP contribution is 2.24. The number of halogens is 1. The number of hydrogen-bond acceptors (Lipinski definition) is 3. The number of rotatable bonds is 0. The Bertz CT molecular complexity index is 391. The Hall–Kier alpha value is -1.35. The smallest absolute Gasteiger partial charge is 0.136 e. The van der Waals surface area contributed by atoms with Crippen molar-refractivity contribution in [1.82, 2.24) is 9.97 Å². The number of fused-ring (bicyclic) bond motifs is 1. The van der Waals surface area contributed by atoms with E-state index in [1.165, 1.54) is 6.33 Å². The van der Waals surface area contributed by atoms with Crippen LogP contribution in [0.2, 0.25) is 5.02 Å². The van der Waals surface area contributed by atoms with Crippen LogP contribution in [0.25, 0.3) is 10.9 Å². The topological polar surface area (TPSA) is 51.8 Å². The van der Waals surface area contributed by atoms with E-state index in [1.54, 1.807) is 6.07 Å². The maximum Gasteiger partial charge on any atom is 0.136 e. The molecule has 3 nitrogen and oxygen atoms in total. The number of nitrogens with two attached hydrogens (primary N) is 1. The minimum atomic E-state index is 0.422. The lowest BCUT2D eigenvalue weighted by molar-refractivity contribution is 1.23. The second-order valence-corrected chi connectivity index (χ2v) is 2.80. The number of anilines is 1. The average Bonchev–Trinajstić information content (AvgIpc) is 2.04. The van der Waals surface area contributed by atoms with E-state index in [-0.39, 0.29) is 0 Å². The van der Waals surface area contributed by atoms with Gasteiger partial charge >= 0.3 is 0 Å². The van der Waals surface area contributed by atoms with Gasteiger partial charge in [0.2, 0.25) is 0 Å². The largest absolute Gasteiger partial charge is 0.383 e. The maximum absolute atomic E-state index is 5.90. The van der Waals surface area contributed by atoms with Crippen LogP contribution in [0.4, 0.5) is 5.82 Å². The van der Waals surface area contributed by atoms with Gasteiger partial charge in [0, 0.05) is 0 Å². The maximum atomic E-state index is 5.90. The van der Waals surface area contributed by atoms with Crippen molar-refractivity contribution in [1.29, 1.82) is 0 Å². The van der Waals surface area contributed by atoms with Gasteiger partial charge in [-0.05, 0) is 12.1 Å². The molecule has 0 saturated heterocycles. The molecule has 0 saturated carbocycles. The normalized spacial score (nSPS) is 10.4. The minimum absolute atomic E-state index is 0.422. The fourth-order valence-corrected chi connectivity index (χ4v) is 1.36. The molecule has 0 fully saturated rings. The summed E-state index contributed by atoms with van der Waals surface area (Å²) in [7, 11) is 0. The van der Waals surface area contributed by atoms with Crippen LogP contribution in [0.1, 0.15) is 0 Å². The lowest BCUT2D eigenvalue weighted by atomic mass is 10.2. The molecule has 1 heterocycles. The predicted octanol–water partition coefficient (Wildman–Crippen LogP) is 1.87. The Morgan fingerprint density at radius 1 is 1.25 bits per heavy atom. The van der Waals surface area contributed by atoms with Gasteiger partial charge in [0.05, 0.1) is 15.9 Å². The summed E-state index contributed by atoms with van der Waals surface area (Å²) in [5.74, 6) is 0.422. The highest BCUT2D eigenvalue weighted by molar-refractivity contribution is 6.36. The molecule has 0 spiro atoms. The quantitative estimate of drug-likeness (QED) is 0.672. The Morgan fingerprint density at radius 3 is 2.83 bits per heavy atom. The van der Waals surface area contributed by atoms with Crippen LogP contribution in [-0.2, 0) is 0 Å². The highest BCUT2D eigenvalue weighted by atomic mass is 35.5. The molecule has 4 heteroatoms. The molecule has 0 radical (unpaired) electrons. The Balaban J connectivity index is 2.96. The van der Waals surface area contributed by atoms with E-state index in [9.17, 15) is 0 Å². The van der Waals surface area contributed by atoms with Crippen LogP contribution in [0.15, 0.2) is 24.5 Å². The molecule has 12 heavy (non-hydrogen) atoms. The lowest BCUT2D eigenvalue weighted by Gasteiger charge is -2.00. The molecule has 1 aromatic heterocycles. The second-order valence-electron chi connectivity index (χ2n) is 2.39. The first kappa shape index (κ1) is 7.31. The van der Waals surface area contributed by atoms with Gasteiger partial charge in [0.25, 0.3) is 0 Å². The summed E-state index contributed by atoms with van der Waals surface area (Å²) in [6, 6.07) is 5.44. The third-order valence-electron chi connectivity index (χ3n) is 1.64. The van der Waals surface area contributed by atoms with Crippen LogP contribution in [-0.4, -0.2) is 9.97 Å². The Kier molecular flexibility index (Phi) is 1.59. The zero-order valence-corrected chi connectivity index (χ0v) is 6.92. The minimum Gasteiger partial charge on any atom is -0.383 e. The summed E-state index contributed by atoms with van der Waals surface area (Å²) in [5.41, 5.74) is 6.39. The molecule has 0 aliphatic rings. The van der Waals surface area contributed by atoms with Crippen LogP contribution in [0, 0.1) is 0 Å². The van der Waals surface area contributed by atoms with Crippen molar-refractivity contribution in [2.24, 2.45) is 0 Å². The number of hydrogen-bond donors (Lipinski definition) is 1. The van der Waals surface area contributed by atoms with Crippen LogP contribution in [0.5, 0.6) is 0 Å². The second kappa shape index (κ2) is 2.60. The summed E-state index contributed by atoms with van der Waals surface area (Å²) in [6.07, 6.45) is 1.42. The number of nitrogens with zero attached hydrogens (tertiary/aromatic N) is 2. The van der Waals surface area contributed by atoms with Crippen LogP contribution < -0.4 is 5.73 Å². The van der Waals surface area contributed by atoms with Gasteiger partial charge in [-0.1, -0.05) is 17.7 Å². The van der Waals surface area contributed by atoms with E-state index >= 15 is 0 Å². The summed E-state index contributed by atoms with van der Waals surface area (Å²) in [6.45, 7) is 0. The van der Waals surface area contributed by atoms with Crippen molar-refractivity contribution in [2.75, 3.05) is 5.73 Å². The van der Waals surface area contributed by atoms with Gasteiger partial charge in [0.1, 0.15) is 12.1 Å². The summed E-state index contributed by atoms with van der Waals surface area (Å²) in [5, 5.41) is 1.31. The van der Waals surface area contributed by atoms with Crippen LogP contribution >= 0.6 is 11.6 Å². The van der Waals surface area contributed by atoms with E-state index in [0.29, 0.717) is 10.8 Å². The molecule has 1 aromatic carbocycles. The van der Waals surface area contributed by atoms with Crippen molar-refractivity contribution in [2.45, 2.75) is 0 Å². The first-order valence-electron chi connectivity index (χ1n) is 3.44. The average molecular weight is 180 g/mol. The fraction of sp³-hybridized carbons (Fsp3) is 0. The summed E-state index contributed by atoms with van der Waals surface area (Å²) < 4.78 is 0. The predicted molar refractivity (Wildman–Crippen MR) is 49.0 cm³/mol. The molecule has 0 unspecified atom stereocenters. The van der Waals surface area contributed by atoms with Gasteiger partial charge < -0.3 is 5.73 Å². The molecule has 0 bridgehead atoms. The molecule has 0 atom stereocenters. The molecule has 0 aliphatic carbocycles. The molecule has 2 rings (SSSR count).